The van der Waals surface area contributed by atoms with Crippen LogP contribution in [0.25, 0.3) is 6.08 Å². The predicted molar refractivity (Wildman–Crippen MR) is 88.9 cm³/mol. The second-order valence-corrected chi connectivity index (χ2v) is 4.88. The van der Waals surface area contributed by atoms with Crippen LogP contribution in [0.4, 0.5) is 10.6 Å². The third kappa shape index (κ3) is 6.70. The highest BCUT2D eigenvalue weighted by molar-refractivity contribution is 6.34. The fourth-order valence-electron chi connectivity index (χ4n) is 1.76. The lowest BCUT2D eigenvalue weighted by molar-refractivity contribution is 0.161. The summed E-state index contributed by atoms with van der Waals surface area (Å²) in [5.74, 6) is 0.538. The Hall–Kier alpha value is -2.06. The predicted octanol–water partition coefficient (Wildman–Crippen LogP) is 2.19. The van der Waals surface area contributed by atoms with Crippen LogP contribution >= 0.6 is 11.6 Å². The Kier molecular flexibility index (Phi) is 8.78. The van der Waals surface area contributed by atoms with E-state index in [0.29, 0.717) is 29.5 Å². The van der Waals surface area contributed by atoms with Crippen molar-refractivity contribution in [3.8, 4) is 0 Å². The number of hydroxylamine groups is 1. The van der Waals surface area contributed by atoms with E-state index in [9.17, 15) is 4.79 Å². The summed E-state index contributed by atoms with van der Waals surface area (Å²) in [6.45, 7) is 2.52. The largest absolute Gasteiger partial charge is 0.453 e. The molecule has 9 heteroatoms. The fraction of sp³-hybridized carbons (Fsp3) is 0.500. The molecule has 0 radical (unpaired) electrons. The molecule has 0 aromatic carbocycles. The molecule has 1 aromatic rings. The first-order chi connectivity index (χ1) is 11.1. The molecule has 0 aliphatic heterocycles. The number of amides is 1. The van der Waals surface area contributed by atoms with Crippen molar-refractivity contribution in [2.24, 2.45) is 0 Å². The fourth-order valence-corrected chi connectivity index (χ4v) is 1.97. The van der Waals surface area contributed by atoms with Gasteiger partial charge < -0.3 is 20.2 Å². The first-order valence-corrected chi connectivity index (χ1v) is 7.57. The molecule has 1 unspecified atom stereocenters. The molecule has 0 saturated carbocycles. The van der Waals surface area contributed by atoms with E-state index in [-0.39, 0.29) is 6.04 Å². The highest BCUT2D eigenvalue weighted by Gasteiger charge is 2.12. The Morgan fingerprint density at radius 2 is 2.26 bits per heavy atom. The number of anilines is 1. The maximum Gasteiger partial charge on any atom is 0.406 e. The molecule has 1 heterocycles. The van der Waals surface area contributed by atoms with Gasteiger partial charge in [-0.25, -0.2) is 14.8 Å². The number of aromatic nitrogens is 2. The number of ether oxygens (including phenoxy) is 1. The quantitative estimate of drug-likeness (QED) is 0.467. The smallest absolute Gasteiger partial charge is 0.406 e. The third-order valence-electron chi connectivity index (χ3n) is 3.01. The maximum absolute atomic E-state index is 11.0. The number of hydrogen-bond donors (Lipinski definition) is 3. The Bertz CT molecular complexity index is 527. The molecular formula is C14H22ClN5O3. The number of halogens is 1. The van der Waals surface area contributed by atoms with Gasteiger partial charge in [-0.2, -0.15) is 5.48 Å². The van der Waals surface area contributed by atoms with Crippen LogP contribution in [0.3, 0.4) is 0 Å². The highest BCUT2D eigenvalue weighted by Crippen LogP contribution is 2.24. The van der Waals surface area contributed by atoms with Gasteiger partial charge in [-0.3, -0.25) is 0 Å². The van der Waals surface area contributed by atoms with Crippen LogP contribution in [0, 0.1) is 0 Å². The zero-order valence-corrected chi connectivity index (χ0v) is 14.2. The number of alkyl carbamates (subject to hydrolysis) is 1. The SMILES string of the molecule is CCC(CCNC(=O)OC)Nc1ncnc(/C=C/ONC)c1Cl. The lowest BCUT2D eigenvalue weighted by Crippen LogP contribution is -2.29. The number of nitrogens with one attached hydrogen (secondary N) is 3. The summed E-state index contributed by atoms with van der Waals surface area (Å²) in [5, 5.41) is 6.30. The molecule has 0 spiro atoms. The van der Waals surface area contributed by atoms with E-state index in [2.05, 4.69) is 30.8 Å². The topological polar surface area (TPSA) is 97.4 Å². The van der Waals surface area contributed by atoms with Gasteiger partial charge in [-0.05, 0) is 12.8 Å². The molecule has 0 aliphatic carbocycles. The first kappa shape index (κ1) is 19.0. The summed E-state index contributed by atoms with van der Waals surface area (Å²) >= 11 is 6.29. The molecule has 8 nitrogen and oxygen atoms in total. The lowest BCUT2D eigenvalue weighted by Gasteiger charge is -2.18. The third-order valence-corrected chi connectivity index (χ3v) is 3.38. The molecule has 0 saturated heterocycles. The van der Waals surface area contributed by atoms with Gasteiger partial charge in [-0.15, -0.1) is 0 Å². The van der Waals surface area contributed by atoms with Crippen LogP contribution < -0.4 is 16.1 Å². The molecule has 128 valence electrons. The molecule has 1 aromatic heterocycles. The Balaban J connectivity index is 2.66. The van der Waals surface area contributed by atoms with E-state index in [1.54, 1.807) is 13.1 Å². The van der Waals surface area contributed by atoms with Gasteiger partial charge in [0.25, 0.3) is 0 Å². The molecular weight excluding hydrogens is 322 g/mol. The standard InChI is InChI=1S/C14H22ClN5O3/c1-4-10(5-7-17-14(21)22-3)20-13-12(15)11(18-9-19-13)6-8-23-16-2/h6,8-10,16H,4-5,7H2,1-3H3,(H,17,21)(H,18,19,20)/b8-6+. The molecule has 1 rings (SSSR count). The Labute approximate surface area is 140 Å². The normalized spacial score (nSPS) is 12.0. The van der Waals surface area contributed by atoms with Gasteiger partial charge in [0, 0.05) is 25.7 Å². The number of rotatable bonds is 9. The maximum atomic E-state index is 11.0. The average molecular weight is 344 g/mol. The number of nitrogens with zero attached hydrogens (tertiary/aromatic N) is 2. The van der Waals surface area contributed by atoms with Crippen LogP contribution in [0.15, 0.2) is 12.6 Å². The van der Waals surface area contributed by atoms with E-state index < -0.39 is 6.09 Å². The van der Waals surface area contributed by atoms with E-state index in [4.69, 9.17) is 16.4 Å². The van der Waals surface area contributed by atoms with Crippen LogP contribution in [-0.4, -0.2) is 42.8 Å². The van der Waals surface area contributed by atoms with E-state index >= 15 is 0 Å². The summed E-state index contributed by atoms with van der Waals surface area (Å²) in [4.78, 5) is 24.2. The van der Waals surface area contributed by atoms with Gasteiger partial charge in [-0.1, -0.05) is 18.5 Å². The minimum atomic E-state index is -0.447. The van der Waals surface area contributed by atoms with Gasteiger partial charge in [0.2, 0.25) is 0 Å². The number of methoxy groups -OCH3 is 1. The van der Waals surface area contributed by atoms with Crippen LogP contribution in [0.5, 0.6) is 0 Å². The van der Waals surface area contributed by atoms with Crippen molar-refractivity contribution in [2.75, 3.05) is 26.0 Å². The molecule has 0 aliphatic rings. The van der Waals surface area contributed by atoms with Gasteiger partial charge >= 0.3 is 6.09 Å². The summed E-state index contributed by atoms with van der Waals surface area (Å²) in [6, 6.07) is 0.102. The Morgan fingerprint density at radius 1 is 1.48 bits per heavy atom. The van der Waals surface area contributed by atoms with Crippen molar-refractivity contribution >= 4 is 29.6 Å². The van der Waals surface area contributed by atoms with Crippen molar-refractivity contribution in [1.29, 1.82) is 0 Å². The molecule has 0 fully saturated rings. The number of hydrogen-bond acceptors (Lipinski definition) is 7. The van der Waals surface area contributed by atoms with Crippen molar-refractivity contribution in [2.45, 2.75) is 25.8 Å². The summed E-state index contributed by atoms with van der Waals surface area (Å²) in [5.41, 5.74) is 3.06. The summed E-state index contributed by atoms with van der Waals surface area (Å²) in [6.07, 6.45) is 5.60. The van der Waals surface area contributed by atoms with Crippen LogP contribution in [-0.2, 0) is 9.57 Å². The first-order valence-electron chi connectivity index (χ1n) is 7.20. The van der Waals surface area contributed by atoms with E-state index in [0.717, 1.165) is 6.42 Å². The zero-order valence-electron chi connectivity index (χ0n) is 13.4. The van der Waals surface area contributed by atoms with Crippen LogP contribution in [0.2, 0.25) is 5.02 Å². The lowest BCUT2D eigenvalue weighted by atomic mass is 10.1. The summed E-state index contributed by atoms with van der Waals surface area (Å²) < 4.78 is 4.53. The molecule has 3 N–H and O–H groups in total. The second-order valence-electron chi connectivity index (χ2n) is 4.50. The monoisotopic (exact) mass is 343 g/mol. The van der Waals surface area contributed by atoms with E-state index in [1.807, 2.05) is 6.92 Å². The highest BCUT2D eigenvalue weighted by atomic mass is 35.5. The van der Waals surface area contributed by atoms with Gasteiger partial charge in [0.05, 0.1) is 12.8 Å². The van der Waals surface area contributed by atoms with Crippen molar-refractivity contribution in [3.05, 3.63) is 23.3 Å². The molecule has 1 amide bonds. The molecule has 0 bridgehead atoms. The van der Waals surface area contributed by atoms with Gasteiger partial charge in [0.15, 0.2) is 0 Å². The second kappa shape index (κ2) is 10.6. The number of carbonyl (C=O) groups is 1. The van der Waals surface area contributed by atoms with E-state index in [1.165, 1.54) is 19.7 Å². The zero-order chi connectivity index (χ0) is 17.1. The van der Waals surface area contributed by atoms with Crippen molar-refractivity contribution < 1.29 is 14.4 Å². The van der Waals surface area contributed by atoms with Crippen molar-refractivity contribution in [3.63, 3.8) is 0 Å². The summed E-state index contributed by atoms with van der Waals surface area (Å²) in [7, 11) is 2.98. The van der Waals surface area contributed by atoms with Crippen LogP contribution in [0.1, 0.15) is 25.5 Å². The van der Waals surface area contributed by atoms with Gasteiger partial charge in [0.1, 0.15) is 23.4 Å². The Morgan fingerprint density at radius 3 is 2.91 bits per heavy atom. The number of carbonyl (C=O) groups excluding carboxylic acids is 1. The molecule has 1 atom stereocenters. The average Bonchev–Trinajstić information content (AvgIpc) is 2.56. The van der Waals surface area contributed by atoms with Crippen molar-refractivity contribution in [1.82, 2.24) is 20.8 Å². The minimum Gasteiger partial charge on any atom is -0.453 e. The molecule has 23 heavy (non-hydrogen) atoms. The minimum absolute atomic E-state index is 0.102.